The Hall–Kier alpha value is -2.25. The number of carboxylic acids is 1. The molecule has 2 heterocycles. The van der Waals surface area contributed by atoms with E-state index < -0.39 is 11.4 Å². The molecule has 0 amide bonds. The Kier molecular flexibility index (Phi) is 2.77. The largest absolute Gasteiger partial charge is 0.481 e. The number of nitrogens with zero attached hydrogens (tertiary/aromatic N) is 5. The minimum absolute atomic E-state index is 0.301. The van der Waals surface area contributed by atoms with Crippen LogP contribution >= 0.6 is 0 Å². The van der Waals surface area contributed by atoms with Crippen LogP contribution in [0.1, 0.15) is 25.7 Å². The van der Waals surface area contributed by atoms with Gasteiger partial charge in [-0.1, -0.05) is 12.8 Å². The number of aromatic amines is 1. The molecule has 2 aromatic heterocycles. The summed E-state index contributed by atoms with van der Waals surface area (Å²) in [5.74, 6) is -0.222. The molecular weight excluding hydrogens is 248 g/mol. The van der Waals surface area contributed by atoms with Crippen molar-refractivity contribution in [1.29, 1.82) is 0 Å². The second-order valence-electron chi connectivity index (χ2n) is 4.94. The number of carbonyl (C=O) groups is 1. The van der Waals surface area contributed by atoms with Gasteiger partial charge in [-0.3, -0.25) is 9.89 Å². The van der Waals surface area contributed by atoms with Crippen molar-refractivity contribution < 1.29 is 9.90 Å². The summed E-state index contributed by atoms with van der Waals surface area (Å²) in [7, 11) is 0. The molecule has 0 aromatic carbocycles. The number of hydrogen-bond donors (Lipinski definition) is 2. The molecule has 0 unspecified atom stereocenters. The molecule has 0 aliphatic heterocycles. The van der Waals surface area contributed by atoms with Gasteiger partial charge in [0.1, 0.15) is 0 Å². The quantitative estimate of drug-likeness (QED) is 0.839. The predicted molar refractivity (Wildman–Crippen MR) is 63.9 cm³/mol. The zero-order valence-electron chi connectivity index (χ0n) is 10.3. The molecule has 0 radical (unpaired) electrons. The molecule has 2 N–H and O–H groups in total. The van der Waals surface area contributed by atoms with Gasteiger partial charge < -0.3 is 5.11 Å². The Labute approximate surface area is 108 Å². The molecule has 0 bridgehead atoms. The molecule has 0 saturated heterocycles. The predicted octanol–water partition coefficient (Wildman–Crippen LogP) is 0.708. The van der Waals surface area contributed by atoms with Gasteiger partial charge in [0, 0.05) is 6.20 Å². The fraction of sp³-hybridized carbons (Fsp3) is 0.545. The van der Waals surface area contributed by atoms with Crippen LogP contribution in [0.25, 0.3) is 11.4 Å². The maximum Gasteiger partial charge on any atom is 0.311 e. The fourth-order valence-corrected chi connectivity index (χ4v) is 2.67. The highest BCUT2D eigenvalue weighted by Gasteiger charge is 2.42. The third kappa shape index (κ3) is 1.98. The maximum atomic E-state index is 11.5. The minimum Gasteiger partial charge on any atom is -0.481 e. The summed E-state index contributed by atoms with van der Waals surface area (Å²) in [6, 6.07) is 0. The van der Waals surface area contributed by atoms with Crippen LogP contribution in [0.15, 0.2) is 12.4 Å². The van der Waals surface area contributed by atoms with Gasteiger partial charge in [0.25, 0.3) is 0 Å². The van der Waals surface area contributed by atoms with Gasteiger partial charge in [0.05, 0.1) is 23.7 Å². The molecule has 100 valence electrons. The summed E-state index contributed by atoms with van der Waals surface area (Å²) >= 11 is 0. The van der Waals surface area contributed by atoms with Gasteiger partial charge >= 0.3 is 5.97 Å². The molecular formula is C11H14N6O2. The number of carboxylic acid groups (broad SMARTS) is 1. The van der Waals surface area contributed by atoms with Crippen LogP contribution < -0.4 is 0 Å². The van der Waals surface area contributed by atoms with E-state index in [1.54, 1.807) is 17.1 Å². The fourth-order valence-electron chi connectivity index (χ4n) is 2.67. The van der Waals surface area contributed by atoms with Gasteiger partial charge in [0.15, 0.2) is 5.82 Å². The molecule has 3 rings (SSSR count). The van der Waals surface area contributed by atoms with E-state index in [-0.39, 0.29) is 0 Å². The van der Waals surface area contributed by atoms with E-state index in [2.05, 4.69) is 25.7 Å². The molecule has 8 heteroatoms. The normalized spacial score (nSPS) is 17.7. The zero-order chi connectivity index (χ0) is 13.3. The van der Waals surface area contributed by atoms with Gasteiger partial charge in [-0.05, 0) is 23.3 Å². The SMILES string of the molecule is O=C(O)C1(Cn2nnnc2-c2cn[nH]c2)CCCC1. The van der Waals surface area contributed by atoms with Crippen molar-refractivity contribution >= 4 is 5.97 Å². The summed E-state index contributed by atoms with van der Waals surface area (Å²) in [5, 5.41) is 27.5. The monoisotopic (exact) mass is 262 g/mol. The first-order valence-corrected chi connectivity index (χ1v) is 6.20. The Morgan fingerprint density at radius 2 is 2.26 bits per heavy atom. The lowest BCUT2D eigenvalue weighted by Gasteiger charge is -2.23. The first-order valence-electron chi connectivity index (χ1n) is 6.20. The number of hydrogen-bond acceptors (Lipinski definition) is 5. The number of tetrazole rings is 1. The van der Waals surface area contributed by atoms with E-state index in [9.17, 15) is 9.90 Å². The highest BCUT2D eigenvalue weighted by atomic mass is 16.4. The summed E-state index contributed by atoms with van der Waals surface area (Å²) in [4.78, 5) is 11.5. The van der Waals surface area contributed by atoms with Crippen LogP contribution in [0.5, 0.6) is 0 Å². The molecule has 1 fully saturated rings. The molecule has 0 spiro atoms. The lowest BCUT2D eigenvalue weighted by molar-refractivity contribution is -0.149. The average molecular weight is 262 g/mol. The third-order valence-corrected chi connectivity index (χ3v) is 3.76. The van der Waals surface area contributed by atoms with Gasteiger partial charge in [-0.2, -0.15) is 5.10 Å². The second kappa shape index (κ2) is 4.45. The van der Waals surface area contributed by atoms with Gasteiger partial charge in [-0.15, -0.1) is 5.10 Å². The van der Waals surface area contributed by atoms with Crippen molar-refractivity contribution in [3.8, 4) is 11.4 Å². The summed E-state index contributed by atoms with van der Waals surface area (Å²) in [6.07, 6.45) is 6.53. The van der Waals surface area contributed by atoms with E-state index in [0.717, 1.165) is 18.4 Å². The van der Waals surface area contributed by atoms with E-state index in [1.807, 2.05) is 0 Å². The molecule has 1 saturated carbocycles. The molecule has 0 atom stereocenters. The van der Waals surface area contributed by atoms with E-state index >= 15 is 0 Å². The van der Waals surface area contributed by atoms with E-state index in [0.29, 0.717) is 25.2 Å². The Balaban J connectivity index is 1.92. The van der Waals surface area contributed by atoms with Crippen molar-refractivity contribution in [2.45, 2.75) is 32.2 Å². The Bertz CT molecular complexity index is 570. The van der Waals surface area contributed by atoms with Crippen LogP contribution in [0.4, 0.5) is 0 Å². The van der Waals surface area contributed by atoms with Crippen LogP contribution in [-0.2, 0) is 11.3 Å². The average Bonchev–Trinajstić information content (AvgIpc) is 3.09. The standard InChI is InChI=1S/C11H14N6O2/c18-10(19)11(3-1-2-4-11)7-17-9(14-15-16-17)8-5-12-13-6-8/h5-6H,1-4,7H2,(H,12,13)(H,18,19). The Morgan fingerprint density at radius 3 is 2.89 bits per heavy atom. The van der Waals surface area contributed by atoms with Crippen molar-refractivity contribution in [2.24, 2.45) is 5.41 Å². The lowest BCUT2D eigenvalue weighted by Crippen LogP contribution is -2.33. The smallest absolute Gasteiger partial charge is 0.311 e. The first kappa shape index (κ1) is 11.8. The van der Waals surface area contributed by atoms with Crippen molar-refractivity contribution in [2.75, 3.05) is 0 Å². The van der Waals surface area contributed by atoms with Crippen LogP contribution in [0.2, 0.25) is 0 Å². The van der Waals surface area contributed by atoms with Gasteiger partial charge in [0.2, 0.25) is 0 Å². The van der Waals surface area contributed by atoms with Gasteiger partial charge in [-0.25, -0.2) is 4.68 Å². The summed E-state index contributed by atoms with van der Waals surface area (Å²) < 4.78 is 1.56. The number of rotatable bonds is 4. The highest BCUT2D eigenvalue weighted by molar-refractivity contribution is 5.75. The third-order valence-electron chi connectivity index (χ3n) is 3.76. The summed E-state index contributed by atoms with van der Waals surface area (Å²) in [6.45, 7) is 0.301. The van der Waals surface area contributed by atoms with Crippen molar-refractivity contribution in [1.82, 2.24) is 30.4 Å². The highest BCUT2D eigenvalue weighted by Crippen LogP contribution is 2.40. The molecule has 19 heavy (non-hydrogen) atoms. The van der Waals surface area contributed by atoms with Crippen LogP contribution in [-0.4, -0.2) is 41.5 Å². The molecule has 1 aliphatic rings. The first-order chi connectivity index (χ1) is 9.21. The number of aromatic nitrogens is 6. The number of H-pyrrole nitrogens is 1. The topological polar surface area (TPSA) is 110 Å². The van der Waals surface area contributed by atoms with E-state index in [1.165, 1.54) is 0 Å². The number of nitrogens with one attached hydrogen (secondary N) is 1. The van der Waals surface area contributed by atoms with E-state index in [4.69, 9.17) is 0 Å². The zero-order valence-corrected chi connectivity index (χ0v) is 10.3. The summed E-state index contributed by atoms with van der Waals surface area (Å²) in [5.41, 5.74) is 0.0111. The second-order valence-corrected chi connectivity index (χ2v) is 4.94. The van der Waals surface area contributed by atoms with Crippen molar-refractivity contribution in [3.05, 3.63) is 12.4 Å². The molecule has 1 aliphatic carbocycles. The minimum atomic E-state index is -0.765. The number of aliphatic carboxylic acids is 1. The Morgan fingerprint density at radius 1 is 1.47 bits per heavy atom. The lowest BCUT2D eigenvalue weighted by atomic mass is 9.86. The molecule has 2 aromatic rings. The molecule has 8 nitrogen and oxygen atoms in total. The van der Waals surface area contributed by atoms with Crippen LogP contribution in [0.3, 0.4) is 0 Å². The van der Waals surface area contributed by atoms with Crippen molar-refractivity contribution in [3.63, 3.8) is 0 Å². The van der Waals surface area contributed by atoms with Crippen LogP contribution in [0, 0.1) is 5.41 Å². The maximum absolute atomic E-state index is 11.5.